The van der Waals surface area contributed by atoms with Crippen molar-refractivity contribution in [1.82, 2.24) is 5.32 Å². The molecule has 3 unspecified atom stereocenters. The van der Waals surface area contributed by atoms with E-state index in [0.29, 0.717) is 18.3 Å². The Bertz CT molecular complexity index is 410. The normalized spacial score (nSPS) is 23.8. The number of hydrogen-bond acceptors (Lipinski definition) is 3. The van der Waals surface area contributed by atoms with Crippen molar-refractivity contribution in [2.45, 2.75) is 51.2 Å². The lowest BCUT2D eigenvalue weighted by molar-refractivity contribution is 0.1000. The summed E-state index contributed by atoms with van der Waals surface area (Å²) < 4.78 is 18.2. The molecule has 0 spiro atoms. The Morgan fingerprint density at radius 2 is 2.10 bits per heavy atom. The Morgan fingerprint density at radius 3 is 2.81 bits per heavy atom. The molecule has 0 aliphatic heterocycles. The predicted molar refractivity (Wildman–Crippen MR) is 81.9 cm³/mol. The van der Waals surface area contributed by atoms with Crippen molar-refractivity contribution in [2.75, 3.05) is 13.2 Å². The van der Waals surface area contributed by atoms with Crippen LogP contribution in [0.1, 0.15) is 39.0 Å². The van der Waals surface area contributed by atoms with Gasteiger partial charge in [-0.05, 0) is 43.0 Å². The molecule has 2 rings (SSSR count). The SMILES string of the molecule is CCC1CCCC(NCC(O)COc2ccc(F)cc2)C1. The summed E-state index contributed by atoms with van der Waals surface area (Å²) in [5.74, 6) is 1.12. The Kier molecular flexibility index (Phi) is 6.46. The van der Waals surface area contributed by atoms with Crippen LogP contribution in [-0.4, -0.2) is 30.4 Å². The minimum atomic E-state index is -0.544. The van der Waals surface area contributed by atoms with E-state index in [-0.39, 0.29) is 12.4 Å². The van der Waals surface area contributed by atoms with Crippen molar-refractivity contribution in [3.63, 3.8) is 0 Å². The minimum absolute atomic E-state index is 0.225. The van der Waals surface area contributed by atoms with E-state index in [2.05, 4.69) is 12.2 Å². The largest absolute Gasteiger partial charge is 0.491 e. The van der Waals surface area contributed by atoms with E-state index in [1.165, 1.54) is 44.2 Å². The summed E-state index contributed by atoms with van der Waals surface area (Å²) in [6.07, 6.45) is 5.72. The van der Waals surface area contributed by atoms with Crippen LogP contribution in [0.25, 0.3) is 0 Å². The Hall–Kier alpha value is -1.13. The highest BCUT2D eigenvalue weighted by atomic mass is 19.1. The third kappa shape index (κ3) is 5.64. The van der Waals surface area contributed by atoms with Crippen molar-refractivity contribution in [1.29, 1.82) is 0 Å². The standard InChI is InChI=1S/C17H26FNO2/c1-2-13-4-3-5-15(10-13)19-11-16(20)12-21-17-8-6-14(18)7-9-17/h6-9,13,15-16,19-20H,2-5,10-12H2,1H3. The molecule has 1 aromatic rings. The summed E-state index contributed by atoms with van der Waals surface area (Å²) in [7, 11) is 0. The highest BCUT2D eigenvalue weighted by Crippen LogP contribution is 2.26. The van der Waals surface area contributed by atoms with Crippen LogP contribution in [0.4, 0.5) is 4.39 Å². The lowest BCUT2D eigenvalue weighted by Gasteiger charge is -2.29. The number of nitrogens with one attached hydrogen (secondary N) is 1. The molecule has 118 valence electrons. The molecular weight excluding hydrogens is 269 g/mol. The van der Waals surface area contributed by atoms with Gasteiger partial charge in [-0.25, -0.2) is 4.39 Å². The molecule has 0 heterocycles. The van der Waals surface area contributed by atoms with Crippen molar-refractivity contribution < 1.29 is 14.2 Å². The van der Waals surface area contributed by atoms with Gasteiger partial charge in [-0.1, -0.05) is 26.2 Å². The molecule has 1 aromatic carbocycles. The van der Waals surface area contributed by atoms with Crippen molar-refractivity contribution in [2.24, 2.45) is 5.92 Å². The number of halogens is 1. The highest BCUT2D eigenvalue weighted by molar-refractivity contribution is 5.22. The number of ether oxygens (including phenoxy) is 1. The fraction of sp³-hybridized carbons (Fsp3) is 0.647. The van der Waals surface area contributed by atoms with Gasteiger partial charge in [-0.15, -0.1) is 0 Å². The van der Waals surface area contributed by atoms with Crippen LogP contribution in [0, 0.1) is 11.7 Å². The van der Waals surface area contributed by atoms with Crippen LogP contribution in [0.15, 0.2) is 24.3 Å². The molecular formula is C17H26FNO2. The Labute approximate surface area is 126 Å². The molecule has 2 N–H and O–H groups in total. The predicted octanol–water partition coefficient (Wildman–Crippen LogP) is 3.12. The first-order chi connectivity index (χ1) is 10.2. The maximum Gasteiger partial charge on any atom is 0.123 e. The van der Waals surface area contributed by atoms with Gasteiger partial charge in [0.15, 0.2) is 0 Å². The third-order valence-corrected chi connectivity index (χ3v) is 4.26. The van der Waals surface area contributed by atoms with E-state index in [1.807, 2.05) is 0 Å². The third-order valence-electron chi connectivity index (χ3n) is 4.26. The summed E-state index contributed by atoms with van der Waals surface area (Å²) in [5, 5.41) is 13.4. The fourth-order valence-electron chi connectivity index (χ4n) is 2.93. The van der Waals surface area contributed by atoms with Gasteiger partial charge in [0.1, 0.15) is 24.3 Å². The molecule has 4 heteroatoms. The summed E-state index contributed by atoms with van der Waals surface area (Å²) in [4.78, 5) is 0. The summed E-state index contributed by atoms with van der Waals surface area (Å²) in [6, 6.07) is 6.37. The van der Waals surface area contributed by atoms with Gasteiger partial charge in [0, 0.05) is 12.6 Å². The van der Waals surface area contributed by atoms with E-state index in [4.69, 9.17) is 4.74 Å². The molecule has 0 amide bonds. The number of benzene rings is 1. The van der Waals surface area contributed by atoms with Crippen LogP contribution >= 0.6 is 0 Å². The van der Waals surface area contributed by atoms with E-state index in [1.54, 1.807) is 12.1 Å². The van der Waals surface area contributed by atoms with Crippen molar-refractivity contribution in [3.8, 4) is 5.75 Å². The van der Waals surface area contributed by atoms with Crippen LogP contribution in [0.2, 0.25) is 0 Å². The molecule has 0 aromatic heterocycles. The van der Waals surface area contributed by atoms with Crippen LogP contribution in [0.3, 0.4) is 0 Å². The molecule has 21 heavy (non-hydrogen) atoms. The smallest absolute Gasteiger partial charge is 0.123 e. The Balaban J connectivity index is 1.65. The van der Waals surface area contributed by atoms with Gasteiger partial charge in [-0.3, -0.25) is 0 Å². The molecule has 3 nitrogen and oxygen atoms in total. The van der Waals surface area contributed by atoms with Gasteiger partial charge in [0.25, 0.3) is 0 Å². The first-order valence-electron chi connectivity index (χ1n) is 7.97. The van der Waals surface area contributed by atoms with Crippen molar-refractivity contribution in [3.05, 3.63) is 30.1 Å². The monoisotopic (exact) mass is 295 g/mol. The molecule has 0 saturated heterocycles. The number of aliphatic hydroxyl groups is 1. The van der Waals surface area contributed by atoms with Crippen LogP contribution in [0.5, 0.6) is 5.75 Å². The summed E-state index contributed by atoms with van der Waals surface area (Å²) in [6.45, 7) is 3.02. The maximum absolute atomic E-state index is 12.8. The van der Waals surface area contributed by atoms with Gasteiger partial charge < -0.3 is 15.2 Å². The van der Waals surface area contributed by atoms with Gasteiger partial charge in [0.05, 0.1) is 0 Å². The second-order valence-corrected chi connectivity index (χ2v) is 5.96. The zero-order chi connectivity index (χ0) is 15.1. The van der Waals surface area contributed by atoms with Gasteiger partial charge in [-0.2, -0.15) is 0 Å². The Morgan fingerprint density at radius 1 is 1.33 bits per heavy atom. The van der Waals surface area contributed by atoms with E-state index >= 15 is 0 Å². The average molecular weight is 295 g/mol. The molecule has 0 bridgehead atoms. The topological polar surface area (TPSA) is 41.5 Å². The molecule has 1 aliphatic carbocycles. The van der Waals surface area contributed by atoms with Crippen LogP contribution < -0.4 is 10.1 Å². The summed E-state index contributed by atoms with van der Waals surface area (Å²) >= 11 is 0. The lowest BCUT2D eigenvalue weighted by Crippen LogP contribution is -2.40. The fourth-order valence-corrected chi connectivity index (χ4v) is 2.93. The number of aliphatic hydroxyl groups excluding tert-OH is 1. The molecule has 1 fully saturated rings. The first-order valence-corrected chi connectivity index (χ1v) is 7.97. The van der Waals surface area contributed by atoms with Crippen LogP contribution in [-0.2, 0) is 0 Å². The number of hydrogen-bond donors (Lipinski definition) is 2. The molecule has 1 saturated carbocycles. The first kappa shape index (κ1) is 16.2. The quantitative estimate of drug-likeness (QED) is 0.812. The second-order valence-electron chi connectivity index (χ2n) is 5.96. The van der Waals surface area contributed by atoms with Crippen molar-refractivity contribution >= 4 is 0 Å². The lowest BCUT2D eigenvalue weighted by atomic mass is 9.84. The van der Waals surface area contributed by atoms with Gasteiger partial charge in [0.2, 0.25) is 0 Å². The van der Waals surface area contributed by atoms with Gasteiger partial charge >= 0.3 is 0 Å². The number of rotatable bonds is 7. The maximum atomic E-state index is 12.8. The van der Waals surface area contributed by atoms with E-state index < -0.39 is 6.10 Å². The molecule has 3 atom stereocenters. The zero-order valence-corrected chi connectivity index (χ0v) is 12.7. The zero-order valence-electron chi connectivity index (χ0n) is 12.7. The molecule has 0 radical (unpaired) electrons. The minimum Gasteiger partial charge on any atom is -0.491 e. The second kappa shape index (κ2) is 8.35. The molecule has 1 aliphatic rings. The van der Waals surface area contributed by atoms with E-state index in [9.17, 15) is 9.50 Å². The summed E-state index contributed by atoms with van der Waals surface area (Å²) in [5.41, 5.74) is 0. The van der Waals surface area contributed by atoms with E-state index in [0.717, 1.165) is 5.92 Å². The average Bonchev–Trinajstić information content (AvgIpc) is 2.52. The highest BCUT2D eigenvalue weighted by Gasteiger charge is 2.20.